The summed E-state index contributed by atoms with van der Waals surface area (Å²) in [6.45, 7) is 4.04. The highest BCUT2D eigenvalue weighted by Crippen LogP contribution is 2.37. The van der Waals surface area contributed by atoms with Crippen molar-refractivity contribution < 1.29 is 22.7 Å². The lowest BCUT2D eigenvalue weighted by atomic mass is 9.94. The van der Waals surface area contributed by atoms with Crippen molar-refractivity contribution in [2.24, 2.45) is 0 Å². The van der Waals surface area contributed by atoms with E-state index in [1.54, 1.807) is 37.1 Å². The summed E-state index contributed by atoms with van der Waals surface area (Å²) in [6.07, 6.45) is 3.30. The van der Waals surface area contributed by atoms with Crippen LogP contribution in [0.5, 0.6) is 0 Å². The fraction of sp³-hybridized carbons (Fsp3) is 0.370. The molecule has 1 atom stereocenters. The van der Waals surface area contributed by atoms with E-state index >= 15 is 0 Å². The number of rotatable bonds is 8. The second-order valence-electron chi connectivity index (χ2n) is 9.09. The van der Waals surface area contributed by atoms with Gasteiger partial charge >= 0.3 is 6.09 Å². The number of ether oxygens (including phenoxy) is 1. The molecule has 11 heteroatoms. The van der Waals surface area contributed by atoms with Crippen molar-refractivity contribution >= 4 is 49.8 Å². The number of carbonyl (C=O) groups is 2. The summed E-state index contributed by atoms with van der Waals surface area (Å²) in [6, 6.07) is 11.7. The molecule has 0 saturated carbocycles. The van der Waals surface area contributed by atoms with Gasteiger partial charge in [0.15, 0.2) is 9.84 Å². The van der Waals surface area contributed by atoms with Gasteiger partial charge in [-0.1, -0.05) is 6.92 Å². The second-order valence-corrected chi connectivity index (χ2v) is 11.3. The quantitative estimate of drug-likeness (QED) is 0.383. The van der Waals surface area contributed by atoms with E-state index < -0.39 is 22.0 Å². The number of hydrogen-bond donors (Lipinski definition) is 3. The molecule has 1 saturated heterocycles. The molecular weight excluding hydrogens is 506 g/mol. The van der Waals surface area contributed by atoms with Gasteiger partial charge in [0.25, 0.3) is 0 Å². The number of nitrogens with two attached hydrogens (primary N) is 1. The monoisotopic (exact) mass is 539 g/mol. The van der Waals surface area contributed by atoms with Gasteiger partial charge < -0.3 is 20.7 Å². The van der Waals surface area contributed by atoms with E-state index in [0.717, 1.165) is 29.3 Å². The molecule has 4 N–H and O–H groups in total. The van der Waals surface area contributed by atoms with Crippen molar-refractivity contribution in [2.45, 2.75) is 44.0 Å². The van der Waals surface area contributed by atoms with Gasteiger partial charge in [0.2, 0.25) is 5.91 Å². The summed E-state index contributed by atoms with van der Waals surface area (Å²) in [5.74, 6) is 0.223. The number of amides is 2. The molecule has 2 heterocycles. The molecule has 4 rings (SSSR count). The number of fused-ring (bicyclic) bond motifs is 1. The fourth-order valence-electron chi connectivity index (χ4n) is 4.75. The Balaban J connectivity index is 1.60. The van der Waals surface area contributed by atoms with Gasteiger partial charge in [0.1, 0.15) is 5.82 Å². The van der Waals surface area contributed by atoms with Crippen LogP contribution in [-0.2, 0) is 19.4 Å². The minimum atomic E-state index is -3.58. The highest BCUT2D eigenvalue weighted by atomic mass is 32.2. The standard InChI is InChI=1S/C27H33N5O5S/c1-3-37-27(34)31-20-9-11-24(38(35,36)4-2)22(16-20)23-7-5-6-14-32(23)25(33)17-30-19-8-10-21-18(15-19)12-13-29-26(21)28/h8-13,15-16,23,30H,3-7,14,17H2,1-2H3,(H2,28,29)(H,31,34)/t23-/m1/s1. The molecule has 0 unspecified atom stereocenters. The molecule has 0 spiro atoms. The van der Waals surface area contributed by atoms with Crippen LogP contribution in [0.25, 0.3) is 10.8 Å². The topological polar surface area (TPSA) is 144 Å². The zero-order valence-electron chi connectivity index (χ0n) is 21.6. The third-order valence-corrected chi connectivity index (χ3v) is 8.47. The van der Waals surface area contributed by atoms with Gasteiger partial charge in [-0.25, -0.2) is 18.2 Å². The summed E-state index contributed by atoms with van der Waals surface area (Å²) in [4.78, 5) is 31.4. The summed E-state index contributed by atoms with van der Waals surface area (Å²) in [7, 11) is -3.58. The van der Waals surface area contributed by atoms with Crippen LogP contribution in [0.1, 0.15) is 44.7 Å². The van der Waals surface area contributed by atoms with Crippen LogP contribution in [-0.4, -0.2) is 55.8 Å². The maximum Gasteiger partial charge on any atom is 0.411 e. The second kappa shape index (κ2) is 11.7. The normalized spacial score (nSPS) is 15.7. The number of pyridine rings is 1. The molecule has 10 nitrogen and oxygen atoms in total. The van der Waals surface area contributed by atoms with Gasteiger partial charge in [-0.2, -0.15) is 0 Å². The van der Waals surface area contributed by atoms with Crippen LogP contribution in [0.3, 0.4) is 0 Å². The fourth-order valence-corrected chi connectivity index (χ4v) is 5.89. The number of anilines is 3. The molecule has 0 radical (unpaired) electrons. The molecule has 0 aliphatic carbocycles. The van der Waals surface area contributed by atoms with Crippen LogP contribution < -0.4 is 16.4 Å². The van der Waals surface area contributed by atoms with Crippen LogP contribution in [0.4, 0.5) is 22.0 Å². The number of benzene rings is 2. The molecule has 0 bridgehead atoms. The lowest BCUT2D eigenvalue weighted by Crippen LogP contribution is -2.42. The largest absolute Gasteiger partial charge is 0.450 e. The Labute approximate surface area is 222 Å². The van der Waals surface area contributed by atoms with E-state index in [2.05, 4.69) is 15.6 Å². The SMILES string of the molecule is CCOC(=O)Nc1ccc(S(=O)(=O)CC)c([C@H]2CCCCN2C(=O)CNc2ccc3c(N)nccc3c2)c1. The zero-order valence-corrected chi connectivity index (χ0v) is 22.4. The van der Waals surface area contributed by atoms with Crippen molar-refractivity contribution in [1.82, 2.24) is 9.88 Å². The number of hydrogen-bond acceptors (Lipinski definition) is 8. The minimum absolute atomic E-state index is 0.0409. The first-order valence-electron chi connectivity index (χ1n) is 12.7. The maximum absolute atomic E-state index is 13.4. The Morgan fingerprint density at radius 1 is 1.11 bits per heavy atom. The van der Waals surface area contributed by atoms with Crippen molar-refractivity contribution in [3.63, 3.8) is 0 Å². The molecular formula is C27H33N5O5S. The van der Waals surface area contributed by atoms with E-state index in [1.165, 1.54) is 6.07 Å². The molecule has 38 heavy (non-hydrogen) atoms. The van der Waals surface area contributed by atoms with E-state index in [1.807, 2.05) is 24.3 Å². The smallest absolute Gasteiger partial charge is 0.411 e. The Kier molecular flexibility index (Phi) is 8.35. The van der Waals surface area contributed by atoms with Crippen LogP contribution in [0, 0.1) is 0 Å². The predicted molar refractivity (Wildman–Crippen MR) is 148 cm³/mol. The average molecular weight is 540 g/mol. The maximum atomic E-state index is 13.4. The Hall–Kier alpha value is -3.86. The molecule has 1 aliphatic heterocycles. The Morgan fingerprint density at radius 3 is 2.66 bits per heavy atom. The highest BCUT2D eigenvalue weighted by Gasteiger charge is 2.32. The zero-order chi connectivity index (χ0) is 27.3. The number of nitrogens with one attached hydrogen (secondary N) is 2. The highest BCUT2D eigenvalue weighted by molar-refractivity contribution is 7.91. The number of nitrogens with zero attached hydrogens (tertiary/aromatic N) is 2. The summed E-state index contributed by atoms with van der Waals surface area (Å²) in [5.41, 5.74) is 7.61. The van der Waals surface area contributed by atoms with Gasteiger partial charge in [0, 0.05) is 29.5 Å². The number of sulfone groups is 1. The van der Waals surface area contributed by atoms with Crippen LogP contribution >= 0.6 is 0 Å². The summed E-state index contributed by atoms with van der Waals surface area (Å²) >= 11 is 0. The Morgan fingerprint density at radius 2 is 1.89 bits per heavy atom. The first-order valence-corrected chi connectivity index (χ1v) is 14.4. The van der Waals surface area contributed by atoms with Gasteiger partial charge in [0.05, 0.1) is 29.8 Å². The molecule has 2 amide bonds. The molecule has 202 valence electrons. The lowest BCUT2D eigenvalue weighted by Gasteiger charge is -2.37. The lowest BCUT2D eigenvalue weighted by molar-refractivity contribution is -0.133. The number of likely N-dealkylation sites (tertiary alicyclic amines) is 1. The van der Waals surface area contributed by atoms with Gasteiger partial charge in [-0.05, 0) is 79.6 Å². The van der Waals surface area contributed by atoms with Crippen molar-refractivity contribution in [3.8, 4) is 0 Å². The first-order chi connectivity index (χ1) is 18.2. The van der Waals surface area contributed by atoms with E-state index in [9.17, 15) is 18.0 Å². The van der Waals surface area contributed by atoms with E-state index in [0.29, 0.717) is 30.0 Å². The average Bonchev–Trinajstić information content (AvgIpc) is 2.91. The number of carbonyl (C=O) groups excluding carboxylic acids is 2. The summed E-state index contributed by atoms with van der Waals surface area (Å²) < 4.78 is 30.9. The third-order valence-electron chi connectivity index (χ3n) is 6.67. The summed E-state index contributed by atoms with van der Waals surface area (Å²) in [5, 5.41) is 7.57. The third kappa shape index (κ3) is 5.99. The molecule has 3 aromatic rings. The molecule has 1 fully saturated rings. The molecule has 1 aliphatic rings. The van der Waals surface area contributed by atoms with Crippen LogP contribution in [0.2, 0.25) is 0 Å². The van der Waals surface area contributed by atoms with Gasteiger partial charge in [-0.3, -0.25) is 10.1 Å². The molecule has 2 aromatic carbocycles. The predicted octanol–water partition coefficient (Wildman–Crippen LogP) is 4.34. The number of nitrogen functional groups attached to an aromatic ring is 1. The number of piperidine rings is 1. The first kappa shape index (κ1) is 27.2. The van der Waals surface area contributed by atoms with E-state index in [-0.39, 0.29) is 29.7 Å². The van der Waals surface area contributed by atoms with Crippen LogP contribution in [0.15, 0.2) is 53.6 Å². The Bertz CT molecular complexity index is 1440. The minimum Gasteiger partial charge on any atom is -0.450 e. The van der Waals surface area contributed by atoms with Crippen molar-refractivity contribution in [1.29, 1.82) is 0 Å². The van der Waals surface area contributed by atoms with E-state index in [4.69, 9.17) is 10.5 Å². The number of aromatic nitrogens is 1. The van der Waals surface area contributed by atoms with Crippen molar-refractivity contribution in [3.05, 3.63) is 54.2 Å². The van der Waals surface area contributed by atoms with Gasteiger partial charge in [-0.15, -0.1) is 0 Å². The molecule has 1 aromatic heterocycles. The van der Waals surface area contributed by atoms with Crippen molar-refractivity contribution in [2.75, 3.05) is 41.8 Å².